The summed E-state index contributed by atoms with van der Waals surface area (Å²) in [5, 5.41) is 0. The van der Waals surface area contributed by atoms with Crippen LogP contribution in [0.3, 0.4) is 0 Å². The minimum Gasteiger partial charge on any atom is -0.412 e. The van der Waals surface area contributed by atoms with E-state index in [1.165, 1.54) is 0 Å². The molecule has 4 nitrogen and oxygen atoms in total. The van der Waals surface area contributed by atoms with Crippen LogP contribution in [-0.4, -0.2) is 23.2 Å². The lowest BCUT2D eigenvalue weighted by Crippen LogP contribution is -2.34. The average molecular weight is 188 g/mol. The fraction of sp³-hybridized carbons (Fsp3) is 0.600. The molecule has 0 saturated heterocycles. The van der Waals surface area contributed by atoms with E-state index in [1.54, 1.807) is 0 Å². The minimum absolute atomic E-state index is 0. The van der Waals surface area contributed by atoms with Gasteiger partial charge in [-0.15, -0.1) is 0 Å². The molecular weight excluding hydrogens is 181 g/mol. The fourth-order valence-electron chi connectivity index (χ4n) is 0.345. The van der Waals surface area contributed by atoms with Crippen molar-refractivity contribution < 1.29 is 33.3 Å². The highest BCUT2D eigenvalue weighted by Crippen LogP contribution is 2.19. The third-order valence-electron chi connectivity index (χ3n) is 1.03. The van der Waals surface area contributed by atoms with Gasteiger partial charge in [-0.2, -0.15) is 8.78 Å². The molecule has 72 valence electrons. The highest BCUT2D eigenvalue weighted by atomic mass is 19.3. The lowest BCUT2D eigenvalue weighted by Gasteiger charge is -2.07. The van der Waals surface area contributed by atoms with Crippen LogP contribution in [0.1, 0.15) is 13.3 Å². The number of alkyl halides is 2. The number of rotatable bonds is 3. The van der Waals surface area contributed by atoms with Gasteiger partial charge in [-0.3, -0.25) is 4.79 Å². The van der Waals surface area contributed by atoms with Crippen LogP contribution in [0.5, 0.6) is 0 Å². The molecule has 0 saturated carbocycles. The summed E-state index contributed by atoms with van der Waals surface area (Å²) in [5.74, 6) is -8.16. The van der Waals surface area contributed by atoms with E-state index in [1.807, 2.05) is 0 Å². The second-order valence-electron chi connectivity index (χ2n) is 1.75. The molecule has 0 amide bonds. The maximum Gasteiger partial charge on any atom is 0.421 e. The first kappa shape index (κ1) is 13.5. The van der Waals surface area contributed by atoms with Gasteiger partial charge in [0.25, 0.3) is 0 Å². The van der Waals surface area contributed by atoms with Gasteiger partial charge in [-0.05, 0) is 0 Å². The second-order valence-corrected chi connectivity index (χ2v) is 1.75. The molecule has 0 spiro atoms. The zero-order chi connectivity index (χ0) is 9.07. The van der Waals surface area contributed by atoms with E-state index in [0.29, 0.717) is 0 Å². The van der Waals surface area contributed by atoms with Crippen molar-refractivity contribution in [1.29, 1.82) is 0 Å². The van der Waals surface area contributed by atoms with Crippen LogP contribution >= 0.6 is 0 Å². The van der Waals surface area contributed by atoms with Crippen molar-refractivity contribution in [2.24, 2.45) is 0 Å². The summed E-state index contributed by atoms with van der Waals surface area (Å²) in [6.45, 7) is 0.989. The van der Waals surface area contributed by atoms with Gasteiger partial charge in [0, 0.05) is 10.9 Å². The maximum atomic E-state index is 12.2. The molecule has 7 heteroatoms. The summed E-state index contributed by atoms with van der Waals surface area (Å²) >= 11 is 0. The average Bonchev–Trinajstić information content (AvgIpc) is 2.01. The molecule has 0 fully saturated rings. The van der Waals surface area contributed by atoms with Crippen LogP contribution in [0, 0.1) is 0 Å². The number of Topliss-reactive ketones (excluding diaryl/α,β-unsaturated/α-hetero) is 1. The van der Waals surface area contributed by atoms with Crippen LogP contribution in [0.4, 0.5) is 13.3 Å². The van der Waals surface area contributed by atoms with Gasteiger partial charge in [-0.25, -0.2) is 9.74 Å². The number of ketones is 1. The van der Waals surface area contributed by atoms with Gasteiger partial charge in [0.1, 0.15) is 0 Å². The topological polar surface area (TPSA) is 74.9 Å². The standard InChI is InChI=1S/C5H5F3O3.H2O/c1-2-5(6,7)3(9)4(10)11-8;/h2H2,1H3;1H2. The molecule has 0 aliphatic carbocycles. The number of hydrogen-bond donors (Lipinski definition) is 0. The molecule has 0 unspecified atom stereocenters. The first-order valence-corrected chi connectivity index (χ1v) is 2.71. The summed E-state index contributed by atoms with van der Waals surface area (Å²) in [6.07, 6.45) is -0.860. The van der Waals surface area contributed by atoms with E-state index in [2.05, 4.69) is 4.94 Å². The third kappa shape index (κ3) is 2.87. The molecule has 0 bridgehead atoms. The monoisotopic (exact) mass is 188 g/mol. The van der Waals surface area contributed by atoms with Gasteiger partial charge in [0.05, 0.1) is 0 Å². The first-order chi connectivity index (χ1) is 4.95. The predicted octanol–water partition coefficient (Wildman–Crippen LogP) is 0.204. The zero-order valence-corrected chi connectivity index (χ0v) is 6.07. The van der Waals surface area contributed by atoms with Gasteiger partial charge in [-0.1, -0.05) is 6.92 Å². The molecule has 12 heavy (non-hydrogen) atoms. The first-order valence-electron chi connectivity index (χ1n) is 2.71. The highest BCUT2D eigenvalue weighted by molar-refractivity contribution is 6.36. The fourth-order valence-corrected chi connectivity index (χ4v) is 0.345. The molecular formula is C5H7F3O4. The van der Waals surface area contributed by atoms with Crippen LogP contribution in [0.15, 0.2) is 0 Å². The van der Waals surface area contributed by atoms with Crippen LogP contribution in [0.25, 0.3) is 0 Å². The number of carbonyl (C=O) groups is 2. The zero-order valence-electron chi connectivity index (χ0n) is 6.07. The Morgan fingerprint density at radius 1 is 1.42 bits per heavy atom. The Kier molecular flexibility index (Phi) is 5.28. The Morgan fingerprint density at radius 3 is 2.08 bits per heavy atom. The Hall–Kier alpha value is -1.11. The van der Waals surface area contributed by atoms with Crippen molar-refractivity contribution in [1.82, 2.24) is 0 Å². The van der Waals surface area contributed by atoms with Crippen molar-refractivity contribution in [3.63, 3.8) is 0 Å². The van der Waals surface area contributed by atoms with E-state index in [4.69, 9.17) is 0 Å². The largest absolute Gasteiger partial charge is 0.421 e. The lowest BCUT2D eigenvalue weighted by molar-refractivity contribution is -0.193. The number of halogens is 3. The van der Waals surface area contributed by atoms with Gasteiger partial charge in [0.2, 0.25) is 0 Å². The Labute approximate surface area is 65.5 Å². The van der Waals surface area contributed by atoms with Crippen molar-refractivity contribution in [3.05, 3.63) is 0 Å². The summed E-state index contributed by atoms with van der Waals surface area (Å²) in [4.78, 5) is 22.4. The predicted molar refractivity (Wildman–Crippen MR) is 31.1 cm³/mol. The van der Waals surface area contributed by atoms with Gasteiger partial charge < -0.3 is 5.48 Å². The van der Waals surface area contributed by atoms with E-state index in [0.717, 1.165) is 6.92 Å². The third-order valence-corrected chi connectivity index (χ3v) is 1.03. The maximum absolute atomic E-state index is 12.2. The summed E-state index contributed by atoms with van der Waals surface area (Å²) in [5.41, 5.74) is 0. The van der Waals surface area contributed by atoms with Crippen LogP contribution < -0.4 is 0 Å². The SMILES string of the molecule is CCC(F)(F)C(=O)C(=O)OF.O. The molecule has 0 rings (SSSR count). The van der Waals surface area contributed by atoms with E-state index >= 15 is 0 Å². The lowest BCUT2D eigenvalue weighted by atomic mass is 10.2. The molecule has 0 aliphatic rings. The minimum atomic E-state index is -3.83. The van der Waals surface area contributed by atoms with Crippen LogP contribution in [0.2, 0.25) is 0 Å². The van der Waals surface area contributed by atoms with Crippen molar-refractivity contribution >= 4 is 11.8 Å². The van der Waals surface area contributed by atoms with Gasteiger partial charge in [0.15, 0.2) is 0 Å². The Bertz CT molecular complexity index is 180. The Balaban J connectivity index is 0. The van der Waals surface area contributed by atoms with E-state index in [-0.39, 0.29) is 5.48 Å². The van der Waals surface area contributed by atoms with E-state index in [9.17, 15) is 22.9 Å². The number of hydrogen-bond acceptors (Lipinski definition) is 3. The Morgan fingerprint density at radius 2 is 1.83 bits per heavy atom. The summed E-state index contributed by atoms with van der Waals surface area (Å²) < 4.78 is 35.2. The molecule has 0 aromatic heterocycles. The van der Waals surface area contributed by atoms with Crippen LogP contribution in [-0.2, 0) is 14.5 Å². The summed E-state index contributed by atoms with van der Waals surface area (Å²) in [6, 6.07) is 0. The van der Waals surface area contributed by atoms with Crippen molar-refractivity contribution in [2.75, 3.05) is 0 Å². The summed E-state index contributed by atoms with van der Waals surface area (Å²) in [7, 11) is 0. The second kappa shape index (κ2) is 4.70. The molecule has 0 heterocycles. The normalized spacial score (nSPS) is 10.0. The highest BCUT2D eigenvalue weighted by Gasteiger charge is 2.42. The molecule has 0 aliphatic heterocycles. The molecule has 0 radical (unpaired) electrons. The van der Waals surface area contributed by atoms with E-state index < -0.39 is 24.1 Å². The molecule has 0 atom stereocenters. The molecule has 0 aromatic rings. The smallest absolute Gasteiger partial charge is 0.412 e. The molecule has 2 N–H and O–H groups in total. The number of carbonyl (C=O) groups excluding carboxylic acids is 2. The van der Waals surface area contributed by atoms with Gasteiger partial charge >= 0.3 is 17.7 Å². The quantitative estimate of drug-likeness (QED) is 0.594. The van der Waals surface area contributed by atoms with Crippen molar-refractivity contribution in [2.45, 2.75) is 19.3 Å². The molecule has 0 aromatic carbocycles. The van der Waals surface area contributed by atoms with Crippen molar-refractivity contribution in [3.8, 4) is 0 Å².